The molecule has 2 fully saturated rings. The fraction of sp³-hybridized carbons (Fsp3) is 0.714. The van der Waals surface area contributed by atoms with E-state index >= 15 is 0 Å². The molecule has 1 unspecified atom stereocenters. The van der Waals surface area contributed by atoms with Crippen molar-refractivity contribution in [2.24, 2.45) is 0 Å². The number of methoxy groups -OCH3 is 1. The molecule has 0 spiro atoms. The van der Waals surface area contributed by atoms with Crippen LogP contribution in [0.3, 0.4) is 0 Å². The normalized spacial score (nSPS) is 21.9. The summed E-state index contributed by atoms with van der Waals surface area (Å²) in [7, 11) is 1.66. The van der Waals surface area contributed by atoms with Gasteiger partial charge in [0.25, 0.3) is 0 Å². The first-order valence-electron chi connectivity index (χ1n) is 10.0. The molecule has 0 radical (unpaired) electrons. The van der Waals surface area contributed by atoms with Crippen molar-refractivity contribution in [3.63, 3.8) is 0 Å². The molecular formula is C21H34N2O4. The summed E-state index contributed by atoms with van der Waals surface area (Å²) in [5.41, 5.74) is 1.09. The smallest absolute Gasteiger partial charge is 0.161 e. The molecule has 1 aromatic carbocycles. The molecule has 0 amide bonds. The van der Waals surface area contributed by atoms with Crippen molar-refractivity contribution >= 4 is 0 Å². The zero-order chi connectivity index (χ0) is 19.3. The summed E-state index contributed by atoms with van der Waals surface area (Å²) in [5, 5.41) is 10.2. The lowest BCUT2D eigenvalue weighted by atomic mass is 10.1. The number of hydrogen-bond acceptors (Lipinski definition) is 6. The van der Waals surface area contributed by atoms with Gasteiger partial charge in [-0.05, 0) is 57.5 Å². The minimum Gasteiger partial charge on any atom is -0.493 e. The molecule has 1 aromatic rings. The summed E-state index contributed by atoms with van der Waals surface area (Å²) in [4.78, 5) is 4.69. The molecule has 152 valence electrons. The molecule has 0 aromatic heterocycles. The number of aliphatic hydroxyl groups is 1. The van der Waals surface area contributed by atoms with E-state index in [1.807, 2.05) is 12.1 Å². The molecule has 0 bridgehead atoms. The molecule has 2 heterocycles. The van der Waals surface area contributed by atoms with Crippen LogP contribution in [-0.4, -0.2) is 79.7 Å². The lowest BCUT2D eigenvalue weighted by Gasteiger charge is -2.38. The highest BCUT2D eigenvalue weighted by Crippen LogP contribution is 2.29. The maximum atomic E-state index is 10.2. The van der Waals surface area contributed by atoms with Crippen molar-refractivity contribution in [2.75, 3.05) is 53.0 Å². The quantitative estimate of drug-likeness (QED) is 0.748. The molecule has 2 saturated heterocycles. The molecule has 0 saturated carbocycles. The van der Waals surface area contributed by atoms with Gasteiger partial charge in [-0.3, -0.25) is 4.90 Å². The number of ether oxygens (including phenoxy) is 3. The van der Waals surface area contributed by atoms with Crippen molar-refractivity contribution in [2.45, 2.75) is 44.9 Å². The summed E-state index contributed by atoms with van der Waals surface area (Å²) in [5.74, 6) is 1.40. The van der Waals surface area contributed by atoms with E-state index in [9.17, 15) is 5.11 Å². The van der Waals surface area contributed by atoms with Crippen LogP contribution < -0.4 is 9.47 Å². The lowest BCUT2D eigenvalue weighted by Crippen LogP contribution is -2.47. The Morgan fingerprint density at radius 2 is 1.93 bits per heavy atom. The van der Waals surface area contributed by atoms with E-state index in [2.05, 4.69) is 29.7 Å². The lowest BCUT2D eigenvalue weighted by molar-refractivity contribution is -0.0882. The van der Waals surface area contributed by atoms with E-state index in [1.54, 1.807) is 7.11 Å². The second kappa shape index (κ2) is 9.24. The highest BCUT2D eigenvalue weighted by molar-refractivity contribution is 5.43. The van der Waals surface area contributed by atoms with E-state index < -0.39 is 6.10 Å². The van der Waals surface area contributed by atoms with Crippen LogP contribution in [0.5, 0.6) is 11.5 Å². The number of likely N-dealkylation sites (tertiary alicyclic amines) is 1. The number of benzene rings is 1. The summed E-state index contributed by atoms with van der Waals surface area (Å²) >= 11 is 0. The van der Waals surface area contributed by atoms with Gasteiger partial charge in [0, 0.05) is 26.2 Å². The van der Waals surface area contributed by atoms with E-state index in [0.29, 0.717) is 18.0 Å². The van der Waals surface area contributed by atoms with Crippen LogP contribution in [-0.2, 0) is 11.3 Å². The topological polar surface area (TPSA) is 54.4 Å². The van der Waals surface area contributed by atoms with Gasteiger partial charge in [-0.25, -0.2) is 0 Å². The molecule has 6 heteroatoms. The molecular weight excluding hydrogens is 344 g/mol. The Labute approximate surface area is 163 Å². The van der Waals surface area contributed by atoms with Gasteiger partial charge < -0.3 is 24.2 Å². The number of β-amino-alcohol motifs (C(OH)–C–C–N with tert-alkyl or cyclic N) is 1. The third-order valence-corrected chi connectivity index (χ3v) is 5.24. The van der Waals surface area contributed by atoms with Gasteiger partial charge >= 0.3 is 0 Å². The molecule has 3 rings (SSSR count). The van der Waals surface area contributed by atoms with Gasteiger partial charge in [0.2, 0.25) is 0 Å². The third kappa shape index (κ3) is 6.07. The Bertz CT molecular complexity index is 602. The highest BCUT2D eigenvalue weighted by atomic mass is 16.5. The van der Waals surface area contributed by atoms with Crippen LogP contribution in [0.4, 0.5) is 0 Å². The van der Waals surface area contributed by atoms with Crippen LogP contribution in [0, 0.1) is 0 Å². The van der Waals surface area contributed by atoms with Gasteiger partial charge in [-0.1, -0.05) is 6.07 Å². The Morgan fingerprint density at radius 3 is 2.63 bits per heavy atom. The number of nitrogens with zero attached hydrogens (tertiary/aromatic N) is 2. The monoisotopic (exact) mass is 378 g/mol. The van der Waals surface area contributed by atoms with E-state index in [4.69, 9.17) is 14.2 Å². The van der Waals surface area contributed by atoms with Crippen LogP contribution in [0.2, 0.25) is 0 Å². The van der Waals surface area contributed by atoms with Crippen LogP contribution in [0.15, 0.2) is 18.2 Å². The zero-order valence-electron chi connectivity index (χ0n) is 16.9. The fourth-order valence-corrected chi connectivity index (χ4v) is 3.94. The standard InChI is InChI=1S/C21H34N2O4/c1-21(2)16-23(10-11-27-21)13-17-6-7-19(20(12-17)25-3)26-15-18(24)14-22-8-4-5-9-22/h6-7,12,18,24H,4-5,8-11,13-16H2,1-3H3. The maximum absolute atomic E-state index is 10.2. The number of aliphatic hydroxyl groups excluding tert-OH is 1. The Kier molecular flexibility index (Phi) is 6.98. The Morgan fingerprint density at radius 1 is 1.15 bits per heavy atom. The van der Waals surface area contributed by atoms with Crippen molar-refractivity contribution in [3.05, 3.63) is 23.8 Å². The zero-order valence-corrected chi connectivity index (χ0v) is 16.9. The molecule has 2 aliphatic rings. The number of morpholine rings is 1. The third-order valence-electron chi connectivity index (χ3n) is 5.24. The van der Waals surface area contributed by atoms with Gasteiger partial charge in [-0.2, -0.15) is 0 Å². The van der Waals surface area contributed by atoms with E-state index in [0.717, 1.165) is 39.3 Å². The minimum absolute atomic E-state index is 0.100. The number of hydrogen-bond donors (Lipinski definition) is 1. The van der Waals surface area contributed by atoms with Crippen molar-refractivity contribution in [1.29, 1.82) is 0 Å². The molecule has 2 aliphatic heterocycles. The summed E-state index contributed by atoms with van der Waals surface area (Å²) in [6.45, 7) is 10.8. The molecule has 1 atom stereocenters. The van der Waals surface area contributed by atoms with Crippen LogP contribution in [0.25, 0.3) is 0 Å². The van der Waals surface area contributed by atoms with Crippen molar-refractivity contribution in [1.82, 2.24) is 9.80 Å². The van der Waals surface area contributed by atoms with Gasteiger partial charge in [-0.15, -0.1) is 0 Å². The van der Waals surface area contributed by atoms with Gasteiger partial charge in [0.15, 0.2) is 11.5 Å². The summed E-state index contributed by atoms with van der Waals surface area (Å²) < 4.78 is 17.2. The predicted octanol–water partition coefficient (Wildman–Crippen LogP) is 2.14. The first-order chi connectivity index (χ1) is 12.9. The van der Waals surface area contributed by atoms with Gasteiger partial charge in [0.05, 0.1) is 19.3 Å². The van der Waals surface area contributed by atoms with Crippen LogP contribution in [0.1, 0.15) is 32.3 Å². The van der Waals surface area contributed by atoms with Crippen molar-refractivity contribution < 1.29 is 19.3 Å². The highest BCUT2D eigenvalue weighted by Gasteiger charge is 2.27. The van der Waals surface area contributed by atoms with Crippen LogP contribution >= 0.6 is 0 Å². The summed E-state index contributed by atoms with van der Waals surface area (Å²) in [6, 6.07) is 6.06. The van der Waals surface area contributed by atoms with E-state index in [-0.39, 0.29) is 12.2 Å². The second-order valence-electron chi connectivity index (χ2n) is 8.28. The predicted molar refractivity (Wildman–Crippen MR) is 105 cm³/mol. The second-order valence-corrected chi connectivity index (χ2v) is 8.28. The summed E-state index contributed by atoms with van der Waals surface area (Å²) in [6.07, 6.45) is 1.97. The maximum Gasteiger partial charge on any atom is 0.161 e. The van der Waals surface area contributed by atoms with E-state index in [1.165, 1.54) is 18.4 Å². The largest absolute Gasteiger partial charge is 0.493 e. The van der Waals surface area contributed by atoms with Gasteiger partial charge in [0.1, 0.15) is 12.7 Å². The van der Waals surface area contributed by atoms with Crippen molar-refractivity contribution in [3.8, 4) is 11.5 Å². The molecule has 6 nitrogen and oxygen atoms in total. The minimum atomic E-state index is -0.483. The average Bonchev–Trinajstić information content (AvgIpc) is 3.12. The fourth-order valence-electron chi connectivity index (χ4n) is 3.94. The first-order valence-corrected chi connectivity index (χ1v) is 10.0. The Hall–Kier alpha value is -1.34. The first kappa shape index (κ1) is 20.4. The SMILES string of the molecule is COc1cc(CN2CCOC(C)(C)C2)ccc1OCC(O)CN1CCCC1. The average molecular weight is 379 g/mol. The Balaban J connectivity index is 1.53. The molecule has 1 N–H and O–H groups in total. The molecule has 27 heavy (non-hydrogen) atoms. The number of rotatable bonds is 8. The molecule has 0 aliphatic carbocycles.